The number of anilines is 2. The zero-order chi connectivity index (χ0) is 18.4. The van der Waals surface area contributed by atoms with Gasteiger partial charge in [0.25, 0.3) is 0 Å². The van der Waals surface area contributed by atoms with Gasteiger partial charge in [-0.25, -0.2) is 4.39 Å². The smallest absolute Gasteiger partial charge is 0.229 e. The molecular formula is C19H16ClFN4O. The van der Waals surface area contributed by atoms with Crippen LogP contribution in [0.3, 0.4) is 0 Å². The van der Waals surface area contributed by atoms with E-state index in [4.69, 9.17) is 11.6 Å². The average Bonchev–Trinajstić information content (AvgIpc) is 2.64. The van der Waals surface area contributed by atoms with Crippen molar-refractivity contribution in [2.75, 3.05) is 10.6 Å². The first-order valence-corrected chi connectivity index (χ1v) is 8.32. The number of carbonyl (C=O) groups excluding carboxylic acids is 1. The quantitative estimate of drug-likeness (QED) is 0.686. The van der Waals surface area contributed by atoms with Crippen LogP contribution in [0.2, 0.25) is 5.02 Å². The largest absolute Gasteiger partial charge is 0.365 e. The molecule has 0 aliphatic heterocycles. The molecule has 0 bridgehead atoms. The van der Waals surface area contributed by atoms with Crippen LogP contribution in [0.5, 0.6) is 0 Å². The number of nitrogens with zero attached hydrogens (tertiary/aromatic N) is 2. The summed E-state index contributed by atoms with van der Waals surface area (Å²) in [5.41, 5.74) is 1.78. The van der Waals surface area contributed by atoms with Gasteiger partial charge >= 0.3 is 0 Å². The van der Waals surface area contributed by atoms with Gasteiger partial charge in [0.1, 0.15) is 11.6 Å². The zero-order valence-electron chi connectivity index (χ0n) is 13.7. The molecule has 0 saturated carbocycles. The summed E-state index contributed by atoms with van der Waals surface area (Å²) in [5, 5.41) is 14.5. The van der Waals surface area contributed by atoms with Gasteiger partial charge in [-0.1, -0.05) is 35.9 Å². The second-order valence-corrected chi connectivity index (χ2v) is 6.07. The summed E-state index contributed by atoms with van der Waals surface area (Å²) < 4.78 is 12.9. The molecule has 2 aromatic carbocycles. The van der Waals surface area contributed by atoms with Gasteiger partial charge in [0.2, 0.25) is 5.91 Å². The summed E-state index contributed by atoms with van der Waals surface area (Å²) in [7, 11) is 0. The maximum atomic E-state index is 12.9. The highest BCUT2D eigenvalue weighted by molar-refractivity contribution is 6.30. The van der Waals surface area contributed by atoms with Crippen LogP contribution in [0.15, 0.2) is 60.7 Å². The summed E-state index contributed by atoms with van der Waals surface area (Å²) in [5.74, 6) is 0.375. The monoisotopic (exact) mass is 370 g/mol. The maximum Gasteiger partial charge on any atom is 0.229 e. The molecule has 7 heteroatoms. The van der Waals surface area contributed by atoms with Crippen LogP contribution in [0.4, 0.5) is 16.0 Å². The van der Waals surface area contributed by atoms with E-state index in [0.717, 1.165) is 11.1 Å². The predicted molar refractivity (Wildman–Crippen MR) is 99.5 cm³/mol. The van der Waals surface area contributed by atoms with Gasteiger partial charge in [-0.15, -0.1) is 10.2 Å². The average molecular weight is 371 g/mol. The third-order valence-corrected chi connectivity index (χ3v) is 3.85. The van der Waals surface area contributed by atoms with Crippen LogP contribution in [0.1, 0.15) is 11.1 Å². The standard InChI is InChI=1S/C19H16ClFN4O/c20-15-5-1-14(2-6-15)12-22-17-9-10-18(25-24-17)23-19(26)11-13-3-7-16(21)8-4-13/h1-10H,11-12H2,(H,22,24)(H,23,25,26). The second-order valence-electron chi connectivity index (χ2n) is 5.64. The van der Waals surface area contributed by atoms with E-state index in [9.17, 15) is 9.18 Å². The van der Waals surface area contributed by atoms with E-state index in [1.165, 1.54) is 12.1 Å². The summed E-state index contributed by atoms with van der Waals surface area (Å²) in [4.78, 5) is 12.0. The van der Waals surface area contributed by atoms with Crippen molar-refractivity contribution in [2.45, 2.75) is 13.0 Å². The zero-order valence-corrected chi connectivity index (χ0v) is 14.5. The Labute approximate surface area is 155 Å². The molecule has 0 aliphatic rings. The Kier molecular flexibility index (Phi) is 5.76. The first kappa shape index (κ1) is 17.8. The number of aromatic nitrogens is 2. The highest BCUT2D eigenvalue weighted by Crippen LogP contribution is 2.12. The lowest BCUT2D eigenvalue weighted by Crippen LogP contribution is -2.16. The fourth-order valence-corrected chi connectivity index (χ4v) is 2.39. The minimum atomic E-state index is -0.332. The highest BCUT2D eigenvalue weighted by atomic mass is 35.5. The first-order chi connectivity index (χ1) is 12.6. The lowest BCUT2D eigenvalue weighted by Gasteiger charge is -2.07. The number of hydrogen-bond donors (Lipinski definition) is 2. The van der Waals surface area contributed by atoms with Crippen LogP contribution in [0, 0.1) is 5.82 Å². The lowest BCUT2D eigenvalue weighted by atomic mass is 10.1. The van der Waals surface area contributed by atoms with Gasteiger partial charge in [0.15, 0.2) is 5.82 Å². The van der Waals surface area contributed by atoms with Crippen LogP contribution in [-0.4, -0.2) is 16.1 Å². The van der Waals surface area contributed by atoms with E-state index in [2.05, 4.69) is 20.8 Å². The molecule has 1 heterocycles. The Balaban J connectivity index is 1.51. The Morgan fingerprint density at radius 1 is 0.885 bits per heavy atom. The summed E-state index contributed by atoms with van der Waals surface area (Å²) in [6.07, 6.45) is 0.137. The minimum Gasteiger partial charge on any atom is -0.365 e. The van der Waals surface area contributed by atoms with Crippen LogP contribution < -0.4 is 10.6 Å². The SMILES string of the molecule is O=C(Cc1ccc(F)cc1)Nc1ccc(NCc2ccc(Cl)cc2)nn1. The molecule has 3 aromatic rings. The molecule has 0 saturated heterocycles. The van der Waals surface area contributed by atoms with E-state index in [-0.39, 0.29) is 18.1 Å². The van der Waals surface area contributed by atoms with Crippen molar-refractivity contribution >= 4 is 29.1 Å². The van der Waals surface area contributed by atoms with Crippen molar-refractivity contribution in [1.82, 2.24) is 10.2 Å². The Hall–Kier alpha value is -2.99. The van der Waals surface area contributed by atoms with E-state index in [1.807, 2.05) is 24.3 Å². The second kappa shape index (κ2) is 8.40. The van der Waals surface area contributed by atoms with E-state index in [1.54, 1.807) is 24.3 Å². The molecular weight excluding hydrogens is 355 g/mol. The number of hydrogen-bond acceptors (Lipinski definition) is 4. The molecule has 0 atom stereocenters. The van der Waals surface area contributed by atoms with Gasteiger partial charge in [0.05, 0.1) is 6.42 Å². The predicted octanol–water partition coefficient (Wildman–Crippen LogP) is 4.06. The first-order valence-electron chi connectivity index (χ1n) is 7.95. The molecule has 0 spiro atoms. The van der Waals surface area contributed by atoms with Crippen LogP contribution in [0.25, 0.3) is 0 Å². The lowest BCUT2D eigenvalue weighted by molar-refractivity contribution is -0.115. The Morgan fingerprint density at radius 3 is 2.15 bits per heavy atom. The van der Waals surface area contributed by atoms with Gasteiger partial charge in [-0.3, -0.25) is 4.79 Å². The fourth-order valence-electron chi connectivity index (χ4n) is 2.26. The summed E-state index contributed by atoms with van der Waals surface area (Å²) >= 11 is 5.85. The molecule has 0 aliphatic carbocycles. The molecule has 0 unspecified atom stereocenters. The Morgan fingerprint density at radius 2 is 1.50 bits per heavy atom. The molecule has 0 radical (unpaired) electrons. The number of benzene rings is 2. The molecule has 5 nitrogen and oxygen atoms in total. The van der Waals surface area contributed by atoms with Gasteiger partial charge in [-0.05, 0) is 47.5 Å². The van der Waals surface area contributed by atoms with Gasteiger partial charge in [0, 0.05) is 11.6 Å². The van der Waals surface area contributed by atoms with Crippen molar-refractivity contribution in [3.8, 4) is 0 Å². The third-order valence-electron chi connectivity index (χ3n) is 3.60. The minimum absolute atomic E-state index is 0.137. The molecule has 1 aromatic heterocycles. The van der Waals surface area contributed by atoms with Crippen molar-refractivity contribution in [3.05, 3.63) is 82.6 Å². The highest BCUT2D eigenvalue weighted by Gasteiger charge is 2.06. The number of carbonyl (C=O) groups is 1. The van der Waals surface area contributed by atoms with Crippen molar-refractivity contribution in [1.29, 1.82) is 0 Å². The number of rotatable bonds is 6. The Bertz CT molecular complexity index is 868. The summed E-state index contributed by atoms with van der Waals surface area (Å²) in [6, 6.07) is 16.7. The number of nitrogens with one attached hydrogen (secondary N) is 2. The van der Waals surface area contributed by atoms with Crippen LogP contribution >= 0.6 is 11.6 Å². The topological polar surface area (TPSA) is 66.9 Å². The van der Waals surface area contributed by atoms with Crippen molar-refractivity contribution < 1.29 is 9.18 Å². The van der Waals surface area contributed by atoms with Crippen LogP contribution in [-0.2, 0) is 17.8 Å². The number of amides is 1. The normalized spacial score (nSPS) is 10.4. The molecule has 132 valence electrons. The van der Waals surface area contributed by atoms with E-state index in [0.29, 0.717) is 23.2 Å². The fraction of sp³-hybridized carbons (Fsp3) is 0.105. The van der Waals surface area contributed by atoms with Crippen molar-refractivity contribution in [2.24, 2.45) is 0 Å². The van der Waals surface area contributed by atoms with Gasteiger partial charge in [-0.2, -0.15) is 0 Å². The number of halogens is 2. The molecule has 3 rings (SSSR count). The third kappa shape index (κ3) is 5.26. The molecule has 2 N–H and O–H groups in total. The molecule has 26 heavy (non-hydrogen) atoms. The van der Waals surface area contributed by atoms with Crippen molar-refractivity contribution in [3.63, 3.8) is 0 Å². The molecule has 1 amide bonds. The summed E-state index contributed by atoms with van der Waals surface area (Å²) in [6.45, 7) is 0.585. The van der Waals surface area contributed by atoms with Gasteiger partial charge < -0.3 is 10.6 Å². The van der Waals surface area contributed by atoms with E-state index >= 15 is 0 Å². The molecule has 0 fully saturated rings. The maximum absolute atomic E-state index is 12.9. The van der Waals surface area contributed by atoms with E-state index < -0.39 is 0 Å².